The second-order valence-electron chi connectivity index (χ2n) is 7.25. The molecule has 1 fully saturated rings. The highest BCUT2D eigenvalue weighted by Gasteiger charge is 2.46. The summed E-state index contributed by atoms with van der Waals surface area (Å²) in [5, 5.41) is 13.5. The Balaban J connectivity index is 2.08. The number of likely N-dealkylation sites (tertiary alicyclic amines) is 1. The fourth-order valence-electron chi connectivity index (χ4n) is 3.50. The van der Waals surface area contributed by atoms with Crippen molar-refractivity contribution < 1.29 is 24.2 Å². The molecular formula is C22H23Cl2NO5S. The SMILES string of the molecule is COc1c(Cl)cc(Cl)cc1/C(O)=C1/C(=O)C(=O)N(CCCOC(C)C)C1c1cccs1. The summed E-state index contributed by atoms with van der Waals surface area (Å²) in [6, 6.07) is 5.87. The Kier molecular flexibility index (Phi) is 7.64. The predicted octanol–water partition coefficient (Wildman–Crippen LogP) is 5.30. The summed E-state index contributed by atoms with van der Waals surface area (Å²) >= 11 is 13.7. The first-order valence-corrected chi connectivity index (χ1v) is 11.4. The van der Waals surface area contributed by atoms with Gasteiger partial charge in [-0.25, -0.2) is 0 Å². The van der Waals surface area contributed by atoms with Gasteiger partial charge >= 0.3 is 0 Å². The highest BCUT2D eigenvalue weighted by atomic mass is 35.5. The van der Waals surface area contributed by atoms with Crippen LogP contribution in [0.25, 0.3) is 5.76 Å². The minimum atomic E-state index is -0.765. The Labute approximate surface area is 195 Å². The molecule has 1 aromatic carbocycles. The van der Waals surface area contributed by atoms with Crippen molar-refractivity contribution >= 4 is 52.0 Å². The van der Waals surface area contributed by atoms with Crippen LogP contribution in [0.4, 0.5) is 0 Å². The van der Waals surface area contributed by atoms with Crippen molar-refractivity contribution in [3.05, 3.63) is 55.7 Å². The smallest absolute Gasteiger partial charge is 0.295 e. The summed E-state index contributed by atoms with van der Waals surface area (Å²) < 4.78 is 10.9. The summed E-state index contributed by atoms with van der Waals surface area (Å²) in [6.45, 7) is 4.63. The highest BCUT2D eigenvalue weighted by molar-refractivity contribution is 7.10. The van der Waals surface area contributed by atoms with Gasteiger partial charge in [-0.3, -0.25) is 9.59 Å². The van der Waals surface area contributed by atoms with Crippen LogP contribution in [0.2, 0.25) is 10.0 Å². The van der Waals surface area contributed by atoms with Crippen molar-refractivity contribution in [1.82, 2.24) is 4.90 Å². The van der Waals surface area contributed by atoms with Crippen molar-refractivity contribution in [1.29, 1.82) is 0 Å². The van der Waals surface area contributed by atoms with E-state index in [1.54, 1.807) is 0 Å². The number of rotatable bonds is 8. The van der Waals surface area contributed by atoms with Crippen LogP contribution in [0.15, 0.2) is 35.2 Å². The van der Waals surface area contributed by atoms with Crippen molar-refractivity contribution in [2.45, 2.75) is 32.4 Å². The van der Waals surface area contributed by atoms with Gasteiger partial charge in [0.05, 0.1) is 35.4 Å². The molecular weight excluding hydrogens is 461 g/mol. The molecule has 1 aliphatic rings. The molecule has 1 atom stereocenters. The molecule has 2 aromatic rings. The molecule has 6 nitrogen and oxygen atoms in total. The number of amides is 1. The van der Waals surface area contributed by atoms with E-state index in [0.29, 0.717) is 19.6 Å². The second-order valence-corrected chi connectivity index (χ2v) is 9.07. The highest BCUT2D eigenvalue weighted by Crippen LogP contribution is 2.44. The Bertz CT molecular complexity index is 1000. The predicted molar refractivity (Wildman–Crippen MR) is 122 cm³/mol. The average Bonchev–Trinajstić information content (AvgIpc) is 3.32. The minimum Gasteiger partial charge on any atom is -0.507 e. The first-order chi connectivity index (χ1) is 14.8. The third kappa shape index (κ3) is 4.90. The van der Waals surface area contributed by atoms with Crippen LogP contribution in [-0.2, 0) is 14.3 Å². The van der Waals surface area contributed by atoms with Gasteiger partial charge in [-0.2, -0.15) is 0 Å². The molecule has 1 saturated heterocycles. The van der Waals surface area contributed by atoms with E-state index in [-0.39, 0.29) is 38.8 Å². The summed E-state index contributed by atoms with van der Waals surface area (Å²) in [4.78, 5) is 28.1. The first kappa shape index (κ1) is 23.6. The fraction of sp³-hybridized carbons (Fsp3) is 0.364. The summed E-state index contributed by atoms with van der Waals surface area (Å²) in [5.74, 6) is -1.64. The molecule has 0 aliphatic carbocycles. The number of halogens is 2. The van der Waals surface area contributed by atoms with Gasteiger partial charge in [0.15, 0.2) is 0 Å². The average molecular weight is 484 g/mol. The van der Waals surface area contributed by atoms with Gasteiger partial charge in [0.2, 0.25) is 0 Å². The summed E-state index contributed by atoms with van der Waals surface area (Å²) in [6.07, 6.45) is 0.628. The van der Waals surface area contributed by atoms with Crippen LogP contribution in [-0.4, -0.2) is 48.1 Å². The van der Waals surface area contributed by atoms with Crippen LogP contribution in [0.1, 0.15) is 36.8 Å². The molecule has 2 heterocycles. The zero-order valence-electron chi connectivity index (χ0n) is 17.4. The standard InChI is InChI=1S/C22H23Cl2NO5S/c1-12(2)30-8-5-7-25-18(16-6-4-9-31-16)17(20(27)22(25)28)19(26)14-10-13(23)11-15(24)21(14)29-3/h4,6,9-12,18,26H,5,7-8H2,1-3H3/b19-17-. The number of ether oxygens (including phenoxy) is 2. The summed E-state index contributed by atoms with van der Waals surface area (Å²) in [7, 11) is 1.40. The molecule has 1 aromatic heterocycles. The van der Waals surface area contributed by atoms with Crippen LogP contribution >= 0.6 is 34.5 Å². The molecule has 1 aliphatic heterocycles. The number of Topliss-reactive ketones (excluding diaryl/α,β-unsaturated/α-hetero) is 1. The molecule has 0 radical (unpaired) electrons. The number of methoxy groups -OCH3 is 1. The third-order valence-corrected chi connectivity index (χ3v) is 6.24. The Morgan fingerprint density at radius 1 is 1.29 bits per heavy atom. The number of ketones is 1. The maximum Gasteiger partial charge on any atom is 0.295 e. The Morgan fingerprint density at radius 2 is 2.03 bits per heavy atom. The molecule has 1 unspecified atom stereocenters. The van der Waals surface area contributed by atoms with E-state index in [4.69, 9.17) is 32.7 Å². The lowest BCUT2D eigenvalue weighted by Crippen LogP contribution is -2.31. The van der Waals surface area contributed by atoms with Gasteiger partial charge < -0.3 is 19.5 Å². The number of carbonyl (C=O) groups is 2. The lowest BCUT2D eigenvalue weighted by Gasteiger charge is -2.24. The van der Waals surface area contributed by atoms with E-state index in [1.807, 2.05) is 31.4 Å². The zero-order chi connectivity index (χ0) is 22.7. The lowest BCUT2D eigenvalue weighted by molar-refractivity contribution is -0.140. The summed E-state index contributed by atoms with van der Waals surface area (Å²) in [5.41, 5.74) is 0.136. The fourth-order valence-corrected chi connectivity index (χ4v) is 4.91. The van der Waals surface area contributed by atoms with E-state index < -0.39 is 17.7 Å². The Hall–Kier alpha value is -2.06. The van der Waals surface area contributed by atoms with Crippen molar-refractivity contribution in [3.63, 3.8) is 0 Å². The number of benzene rings is 1. The van der Waals surface area contributed by atoms with Crippen LogP contribution < -0.4 is 4.74 Å². The van der Waals surface area contributed by atoms with Gasteiger partial charge in [0, 0.05) is 23.1 Å². The topological polar surface area (TPSA) is 76.1 Å². The maximum atomic E-state index is 13.0. The largest absolute Gasteiger partial charge is 0.507 e. The van der Waals surface area contributed by atoms with E-state index >= 15 is 0 Å². The van der Waals surface area contributed by atoms with Gasteiger partial charge in [0.25, 0.3) is 11.7 Å². The van der Waals surface area contributed by atoms with Crippen molar-refractivity contribution in [2.24, 2.45) is 0 Å². The Morgan fingerprint density at radius 3 is 2.65 bits per heavy atom. The number of thiophene rings is 1. The number of nitrogens with zero attached hydrogens (tertiary/aromatic N) is 1. The molecule has 1 N–H and O–H groups in total. The quantitative estimate of drug-likeness (QED) is 0.238. The number of hydrogen-bond acceptors (Lipinski definition) is 6. The molecule has 0 saturated carbocycles. The molecule has 3 rings (SSSR count). The zero-order valence-corrected chi connectivity index (χ0v) is 19.7. The molecule has 9 heteroatoms. The van der Waals surface area contributed by atoms with Gasteiger partial charge in [0.1, 0.15) is 11.5 Å². The van der Waals surface area contributed by atoms with Gasteiger partial charge in [-0.15, -0.1) is 11.3 Å². The minimum absolute atomic E-state index is 0.0196. The van der Waals surface area contributed by atoms with Crippen LogP contribution in [0, 0.1) is 0 Å². The van der Waals surface area contributed by atoms with Crippen molar-refractivity contribution in [2.75, 3.05) is 20.3 Å². The van der Waals surface area contributed by atoms with E-state index in [9.17, 15) is 14.7 Å². The van der Waals surface area contributed by atoms with E-state index in [0.717, 1.165) is 4.88 Å². The van der Waals surface area contributed by atoms with Gasteiger partial charge in [-0.05, 0) is 43.8 Å². The molecule has 0 bridgehead atoms. The number of aliphatic hydroxyl groups excluding tert-OH is 1. The number of hydrogen-bond donors (Lipinski definition) is 1. The second kappa shape index (κ2) is 10.0. The van der Waals surface area contributed by atoms with E-state index in [1.165, 1.54) is 35.5 Å². The van der Waals surface area contributed by atoms with Gasteiger partial charge in [-0.1, -0.05) is 29.3 Å². The van der Waals surface area contributed by atoms with Crippen LogP contribution in [0.5, 0.6) is 5.75 Å². The normalized spacial score (nSPS) is 18.3. The molecule has 166 valence electrons. The number of aliphatic hydroxyl groups is 1. The van der Waals surface area contributed by atoms with E-state index in [2.05, 4.69) is 0 Å². The molecule has 31 heavy (non-hydrogen) atoms. The molecule has 1 amide bonds. The maximum absolute atomic E-state index is 13.0. The third-order valence-electron chi connectivity index (χ3n) is 4.81. The lowest BCUT2D eigenvalue weighted by atomic mass is 9.99. The monoisotopic (exact) mass is 483 g/mol. The first-order valence-electron chi connectivity index (χ1n) is 9.73. The number of carbonyl (C=O) groups excluding carboxylic acids is 2. The molecule has 0 spiro atoms. The van der Waals surface area contributed by atoms with Crippen molar-refractivity contribution in [3.8, 4) is 5.75 Å². The van der Waals surface area contributed by atoms with Crippen LogP contribution in [0.3, 0.4) is 0 Å².